The number of fused-ring (bicyclic) bond motifs is 4. The molecule has 5 rings (SSSR count). The summed E-state index contributed by atoms with van der Waals surface area (Å²) in [4.78, 5) is 25.7. The fraction of sp³-hybridized carbons (Fsp3) is 0.190. The van der Waals surface area contributed by atoms with Crippen molar-refractivity contribution in [2.45, 2.75) is 25.7 Å². The maximum Gasteiger partial charge on any atom is 0.240 e. The van der Waals surface area contributed by atoms with E-state index < -0.39 is 5.41 Å². The van der Waals surface area contributed by atoms with E-state index in [1.165, 1.54) is 0 Å². The van der Waals surface area contributed by atoms with Crippen molar-refractivity contribution in [3.8, 4) is 5.69 Å². The Hall–Kier alpha value is -3.41. The Labute approximate surface area is 156 Å². The Bertz CT molecular complexity index is 1130. The Morgan fingerprint density at radius 2 is 1.81 bits per heavy atom. The minimum Gasteiger partial charge on any atom is -0.325 e. The molecule has 0 saturated carbocycles. The molecule has 3 aromatic rings. The van der Waals surface area contributed by atoms with Crippen molar-refractivity contribution in [1.82, 2.24) is 9.78 Å². The van der Waals surface area contributed by atoms with Crippen LogP contribution in [0.3, 0.4) is 0 Å². The van der Waals surface area contributed by atoms with Crippen LogP contribution in [0.1, 0.15) is 28.7 Å². The standard InChI is InChI=1S/C21H18N4O2/c1-12-6-5-9-17(13(12)2)25-19-15(11-22-25)21(10-18(26)24-19)14-7-3-4-8-16(14)23-20(21)27/h3-9,11H,10H2,1-2H3,(H,23,27)(H,24,26). The van der Waals surface area contributed by atoms with Crippen LogP contribution < -0.4 is 10.6 Å². The van der Waals surface area contributed by atoms with Gasteiger partial charge in [-0.3, -0.25) is 9.59 Å². The number of benzene rings is 2. The number of carbonyl (C=O) groups is 2. The zero-order valence-corrected chi connectivity index (χ0v) is 15.0. The molecule has 0 bridgehead atoms. The largest absolute Gasteiger partial charge is 0.325 e. The number of aromatic nitrogens is 2. The average molecular weight is 358 g/mol. The summed E-state index contributed by atoms with van der Waals surface area (Å²) in [5.74, 6) is 0.188. The molecule has 0 saturated heterocycles. The van der Waals surface area contributed by atoms with Gasteiger partial charge in [-0.2, -0.15) is 5.10 Å². The van der Waals surface area contributed by atoms with Gasteiger partial charge in [0.2, 0.25) is 11.8 Å². The molecule has 27 heavy (non-hydrogen) atoms. The fourth-order valence-corrected chi connectivity index (χ4v) is 4.20. The van der Waals surface area contributed by atoms with Gasteiger partial charge < -0.3 is 10.6 Å². The van der Waals surface area contributed by atoms with Gasteiger partial charge in [0.1, 0.15) is 11.2 Å². The molecule has 2 amide bonds. The Balaban J connectivity index is 1.78. The average Bonchev–Trinajstić information content (AvgIpc) is 3.18. The topological polar surface area (TPSA) is 76.0 Å². The van der Waals surface area contributed by atoms with Crippen molar-refractivity contribution in [1.29, 1.82) is 0 Å². The molecule has 0 fully saturated rings. The molecule has 1 unspecified atom stereocenters. The van der Waals surface area contributed by atoms with E-state index >= 15 is 0 Å². The number of nitrogens with zero attached hydrogens (tertiary/aromatic N) is 2. The Morgan fingerprint density at radius 1 is 1.00 bits per heavy atom. The maximum atomic E-state index is 13.1. The van der Waals surface area contributed by atoms with Gasteiger partial charge in [-0.1, -0.05) is 30.3 Å². The lowest BCUT2D eigenvalue weighted by molar-refractivity contribution is -0.125. The number of hydrogen-bond acceptors (Lipinski definition) is 3. The van der Waals surface area contributed by atoms with Gasteiger partial charge in [0, 0.05) is 17.7 Å². The molecule has 6 nitrogen and oxygen atoms in total. The number of rotatable bonds is 1. The second kappa shape index (κ2) is 5.30. The molecular formula is C21H18N4O2. The molecule has 0 radical (unpaired) electrons. The first-order chi connectivity index (χ1) is 13.0. The van der Waals surface area contributed by atoms with Crippen LogP contribution in [-0.4, -0.2) is 21.6 Å². The fourth-order valence-electron chi connectivity index (χ4n) is 4.20. The lowest BCUT2D eigenvalue weighted by Gasteiger charge is -2.31. The van der Waals surface area contributed by atoms with Crippen LogP contribution in [0.15, 0.2) is 48.7 Å². The number of para-hydroxylation sites is 1. The van der Waals surface area contributed by atoms with Crippen molar-refractivity contribution >= 4 is 23.3 Å². The molecule has 1 aromatic heterocycles. The zero-order valence-electron chi connectivity index (χ0n) is 15.0. The highest BCUT2D eigenvalue weighted by Gasteiger charge is 2.54. The summed E-state index contributed by atoms with van der Waals surface area (Å²) >= 11 is 0. The van der Waals surface area contributed by atoms with E-state index in [1.54, 1.807) is 10.9 Å². The van der Waals surface area contributed by atoms with Crippen LogP contribution in [0.25, 0.3) is 5.69 Å². The Morgan fingerprint density at radius 3 is 2.67 bits per heavy atom. The molecule has 3 heterocycles. The minimum absolute atomic E-state index is 0.0708. The predicted octanol–water partition coefficient (Wildman–Crippen LogP) is 3.07. The molecule has 2 aliphatic rings. The third kappa shape index (κ3) is 1.98. The molecule has 2 N–H and O–H groups in total. The molecular weight excluding hydrogens is 340 g/mol. The van der Waals surface area contributed by atoms with E-state index in [4.69, 9.17) is 0 Å². The molecule has 1 atom stereocenters. The summed E-state index contributed by atoms with van der Waals surface area (Å²) in [6, 6.07) is 13.5. The molecule has 2 aliphatic heterocycles. The van der Waals surface area contributed by atoms with Crippen molar-refractivity contribution in [2.24, 2.45) is 0 Å². The first-order valence-corrected chi connectivity index (χ1v) is 8.88. The minimum atomic E-state index is -1.04. The highest BCUT2D eigenvalue weighted by Crippen LogP contribution is 2.50. The number of nitrogens with one attached hydrogen (secondary N) is 2. The predicted molar refractivity (Wildman–Crippen MR) is 102 cm³/mol. The highest BCUT2D eigenvalue weighted by molar-refractivity contribution is 6.14. The lowest BCUT2D eigenvalue weighted by Crippen LogP contribution is -2.43. The molecule has 1 spiro atoms. The van der Waals surface area contributed by atoms with Crippen LogP contribution in [-0.2, 0) is 15.0 Å². The van der Waals surface area contributed by atoms with Crippen molar-refractivity contribution in [2.75, 3.05) is 10.6 Å². The second-order valence-electron chi connectivity index (χ2n) is 7.17. The van der Waals surface area contributed by atoms with E-state index in [2.05, 4.69) is 15.7 Å². The SMILES string of the molecule is Cc1cccc(-n2ncc3c2NC(=O)CC32C(=O)Nc3ccccc32)c1C. The van der Waals surface area contributed by atoms with Gasteiger partial charge in [-0.25, -0.2) is 4.68 Å². The first kappa shape index (κ1) is 15.8. The third-order valence-corrected chi connectivity index (χ3v) is 5.74. The quantitative estimate of drug-likeness (QED) is 0.702. The van der Waals surface area contributed by atoms with E-state index in [0.717, 1.165) is 33.6 Å². The summed E-state index contributed by atoms with van der Waals surface area (Å²) in [6.45, 7) is 4.06. The Kier molecular flexibility index (Phi) is 3.10. The van der Waals surface area contributed by atoms with Gasteiger partial charge in [0.15, 0.2) is 0 Å². The summed E-state index contributed by atoms with van der Waals surface area (Å²) in [7, 11) is 0. The van der Waals surface area contributed by atoms with E-state index in [-0.39, 0.29) is 18.2 Å². The van der Waals surface area contributed by atoms with Gasteiger partial charge >= 0.3 is 0 Å². The van der Waals surface area contributed by atoms with Crippen molar-refractivity contribution in [3.05, 3.63) is 70.9 Å². The zero-order chi connectivity index (χ0) is 18.8. The first-order valence-electron chi connectivity index (χ1n) is 8.88. The van der Waals surface area contributed by atoms with Crippen molar-refractivity contribution < 1.29 is 9.59 Å². The molecule has 0 aliphatic carbocycles. The van der Waals surface area contributed by atoms with E-state index in [9.17, 15) is 9.59 Å². The van der Waals surface area contributed by atoms with Crippen LogP contribution in [0, 0.1) is 13.8 Å². The number of amides is 2. The molecule has 134 valence electrons. The van der Waals surface area contributed by atoms with Crippen LogP contribution in [0.5, 0.6) is 0 Å². The monoisotopic (exact) mass is 358 g/mol. The molecule has 2 aromatic carbocycles. The van der Waals surface area contributed by atoms with Gasteiger partial charge in [0.05, 0.1) is 11.9 Å². The lowest BCUT2D eigenvalue weighted by atomic mass is 9.72. The van der Waals surface area contributed by atoms with E-state index in [1.807, 2.05) is 56.3 Å². The van der Waals surface area contributed by atoms with E-state index in [0.29, 0.717) is 5.82 Å². The number of aryl methyl sites for hydroxylation is 1. The molecule has 6 heteroatoms. The third-order valence-electron chi connectivity index (χ3n) is 5.74. The number of carbonyl (C=O) groups excluding carboxylic acids is 2. The summed E-state index contributed by atoms with van der Waals surface area (Å²) in [5, 5.41) is 10.4. The van der Waals surface area contributed by atoms with Crippen LogP contribution in [0.4, 0.5) is 11.5 Å². The second-order valence-corrected chi connectivity index (χ2v) is 7.17. The highest BCUT2D eigenvalue weighted by atomic mass is 16.2. The summed E-state index contributed by atoms with van der Waals surface area (Å²) in [5.41, 5.74) is 4.37. The number of anilines is 2. The summed E-state index contributed by atoms with van der Waals surface area (Å²) < 4.78 is 1.73. The van der Waals surface area contributed by atoms with Crippen LogP contribution in [0.2, 0.25) is 0 Å². The number of hydrogen-bond donors (Lipinski definition) is 2. The maximum absolute atomic E-state index is 13.1. The smallest absolute Gasteiger partial charge is 0.240 e. The van der Waals surface area contributed by atoms with Gasteiger partial charge in [0.25, 0.3) is 0 Å². The van der Waals surface area contributed by atoms with Crippen molar-refractivity contribution in [3.63, 3.8) is 0 Å². The van der Waals surface area contributed by atoms with Gasteiger partial charge in [-0.15, -0.1) is 0 Å². The summed E-state index contributed by atoms with van der Waals surface area (Å²) in [6.07, 6.45) is 1.78. The normalized spacial score (nSPS) is 20.2. The van der Waals surface area contributed by atoms with Crippen LogP contribution >= 0.6 is 0 Å². The van der Waals surface area contributed by atoms with Gasteiger partial charge in [-0.05, 0) is 42.7 Å².